The van der Waals surface area contributed by atoms with Gasteiger partial charge in [0.2, 0.25) is 0 Å². The van der Waals surface area contributed by atoms with Gasteiger partial charge >= 0.3 is 0 Å². The van der Waals surface area contributed by atoms with Gasteiger partial charge in [0.1, 0.15) is 0 Å². The SMILES string of the molecule is ClCC(CCl)Cc1cccc(Cl)c1Cl. The van der Waals surface area contributed by atoms with Crippen molar-refractivity contribution in [1.82, 2.24) is 0 Å². The molecule has 0 radical (unpaired) electrons. The summed E-state index contributed by atoms with van der Waals surface area (Å²) < 4.78 is 0. The molecular formula is C10H10Cl4. The Hall–Kier alpha value is 0.380. The number of alkyl halides is 2. The maximum atomic E-state index is 6.03. The minimum atomic E-state index is 0.245. The van der Waals surface area contributed by atoms with Gasteiger partial charge in [-0.15, -0.1) is 23.2 Å². The van der Waals surface area contributed by atoms with E-state index < -0.39 is 0 Å². The molecule has 0 amide bonds. The highest BCUT2D eigenvalue weighted by molar-refractivity contribution is 6.42. The molecule has 0 bridgehead atoms. The first kappa shape index (κ1) is 12.4. The van der Waals surface area contributed by atoms with Crippen LogP contribution in [0.5, 0.6) is 0 Å². The Morgan fingerprint density at radius 3 is 2.29 bits per heavy atom. The Bertz CT molecular complexity index is 294. The van der Waals surface area contributed by atoms with Crippen molar-refractivity contribution in [2.45, 2.75) is 6.42 Å². The Morgan fingerprint density at radius 1 is 1.07 bits per heavy atom. The topological polar surface area (TPSA) is 0 Å². The van der Waals surface area contributed by atoms with Gasteiger partial charge in [-0.3, -0.25) is 0 Å². The molecule has 78 valence electrons. The van der Waals surface area contributed by atoms with Crippen molar-refractivity contribution < 1.29 is 0 Å². The van der Waals surface area contributed by atoms with Gasteiger partial charge in [0.15, 0.2) is 0 Å². The lowest BCUT2D eigenvalue weighted by Crippen LogP contribution is -2.08. The first-order valence-electron chi connectivity index (χ1n) is 4.23. The lowest BCUT2D eigenvalue weighted by molar-refractivity contribution is 0.662. The van der Waals surface area contributed by atoms with Crippen molar-refractivity contribution in [2.75, 3.05) is 11.8 Å². The molecular weight excluding hydrogens is 262 g/mol. The highest BCUT2D eigenvalue weighted by Gasteiger charge is 2.11. The molecule has 0 aromatic heterocycles. The molecule has 0 aliphatic carbocycles. The smallest absolute Gasteiger partial charge is 0.0624 e. The fourth-order valence-electron chi connectivity index (χ4n) is 1.17. The lowest BCUT2D eigenvalue weighted by Gasteiger charge is -2.11. The second kappa shape index (κ2) is 6.07. The fraction of sp³-hybridized carbons (Fsp3) is 0.400. The van der Waals surface area contributed by atoms with E-state index in [1.165, 1.54) is 0 Å². The Balaban J connectivity index is 2.80. The third-order valence-corrected chi connectivity index (χ3v) is 3.71. The maximum Gasteiger partial charge on any atom is 0.0624 e. The lowest BCUT2D eigenvalue weighted by atomic mass is 10.0. The molecule has 0 saturated carbocycles. The maximum absolute atomic E-state index is 6.03. The second-order valence-corrected chi connectivity index (χ2v) is 4.49. The van der Waals surface area contributed by atoms with E-state index in [2.05, 4.69) is 0 Å². The quantitative estimate of drug-likeness (QED) is 0.701. The summed E-state index contributed by atoms with van der Waals surface area (Å²) >= 11 is 23.4. The molecule has 0 heterocycles. The van der Waals surface area contributed by atoms with Crippen LogP contribution in [0.2, 0.25) is 10.0 Å². The van der Waals surface area contributed by atoms with Gasteiger partial charge < -0.3 is 0 Å². The molecule has 0 aliphatic heterocycles. The number of hydrogen-bond acceptors (Lipinski definition) is 0. The van der Waals surface area contributed by atoms with E-state index in [0.29, 0.717) is 21.8 Å². The molecule has 1 aromatic carbocycles. The molecule has 0 aliphatic rings. The molecule has 0 fully saturated rings. The fourth-order valence-corrected chi connectivity index (χ4v) is 2.11. The zero-order valence-corrected chi connectivity index (χ0v) is 10.5. The monoisotopic (exact) mass is 270 g/mol. The van der Waals surface area contributed by atoms with Crippen molar-refractivity contribution in [3.05, 3.63) is 33.8 Å². The van der Waals surface area contributed by atoms with E-state index in [0.717, 1.165) is 12.0 Å². The molecule has 14 heavy (non-hydrogen) atoms. The van der Waals surface area contributed by atoms with Crippen molar-refractivity contribution in [2.24, 2.45) is 5.92 Å². The summed E-state index contributed by atoms with van der Waals surface area (Å²) in [5, 5.41) is 1.18. The molecule has 1 aromatic rings. The van der Waals surface area contributed by atoms with Crippen molar-refractivity contribution in [1.29, 1.82) is 0 Å². The molecule has 0 unspecified atom stereocenters. The van der Waals surface area contributed by atoms with Gasteiger partial charge in [-0.05, 0) is 24.0 Å². The van der Waals surface area contributed by atoms with Gasteiger partial charge in [0.05, 0.1) is 10.0 Å². The summed E-state index contributed by atoms with van der Waals surface area (Å²) in [5.74, 6) is 1.31. The second-order valence-electron chi connectivity index (χ2n) is 3.09. The minimum absolute atomic E-state index is 0.245. The third kappa shape index (κ3) is 3.20. The first-order chi connectivity index (χ1) is 6.69. The van der Waals surface area contributed by atoms with Crippen LogP contribution in [0, 0.1) is 5.92 Å². The first-order valence-corrected chi connectivity index (χ1v) is 6.06. The Labute approximate surface area is 104 Å². The van der Waals surface area contributed by atoms with Crippen LogP contribution >= 0.6 is 46.4 Å². The van der Waals surface area contributed by atoms with Crippen LogP contribution in [0.4, 0.5) is 0 Å². The van der Waals surface area contributed by atoms with E-state index in [-0.39, 0.29) is 5.92 Å². The molecule has 0 nitrogen and oxygen atoms in total. The van der Waals surface area contributed by atoms with Crippen LogP contribution in [0.3, 0.4) is 0 Å². The number of benzene rings is 1. The largest absolute Gasteiger partial charge is 0.126 e. The summed E-state index contributed by atoms with van der Waals surface area (Å²) in [6.45, 7) is 0. The highest BCUT2D eigenvalue weighted by Crippen LogP contribution is 2.27. The Morgan fingerprint density at radius 2 is 1.71 bits per heavy atom. The summed E-state index contributed by atoms with van der Waals surface area (Å²) in [6.07, 6.45) is 0.770. The molecule has 4 heteroatoms. The average Bonchev–Trinajstić information content (AvgIpc) is 2.20. The summed E-state index contributed by atoms with van der Waals surface area (Å²) in [6, 6.07) is 5.59. The van der Waals surface area contributed by atoms with Gasteiger partial charge in [0.25, 0.3) is 0 Å². The third-order valence-electron chi connectivity index (χ3n) is 1.98. The zero-order chi connectivity index (χ0) is 10.6. The zero-order valence-electron chi connectivity index (χ0n) is 7.44. The van der Waals surface area contributed by atoms with E-state index >= 15 is 0 Å². The summed E-state index contributed by atoms with van der Waals surface area (Å²) in [7, 11) is 0. The van der Waals surface area contributed by atoms with Crippen LogP contribution in [0.15, 0.2) is 18.2 Å². The van der Waals surface area contributed by atoms with Gasteiger partial charge in [-0.2, -0.15) is 0 Å². The summed E-state index contributed by atoms with van der Waals surface area (Å²) in [5.41, 5.74) is 1.01. The van der Waals surface area contributed by atoms with Crippen molar-refractivity contribution >= 4 is 46.4 Å². The van der Waals surface area contributed by atoms with E-state index in [1.807, 2.05) is 12.1 Å². The predicted molar refractivity (Wildman–Crippen MR) is 65.1 cm³/mol. The predicted octanol–water partition coefficient (Wildman–Crippen LogP) is 4.63. The Kier molecular flexibility index (Phi) is 5.40. The van der Waals surface area contributed by atoms with Crippen molar-refractivity contribution in [3.8, 4) is 0 Å². The van der Waals surface area contributed by atoms with Gasteiger partial charge in [-0.1, -0.05) is 35.3 Å². The van der Waals surface area contributed by atoms with Crippen LogP contribution < -0.4 is 0 Å². The molecule has 0 spiro atoms. The van der Waals surface area contributed by atoms with Crippen LogP contribution in [-0.4, -0.2) is 11.8 Å². The van der Waals surface area contributed by atoms with E-state index in [4.69, 9.17) is 46.4 Å². The number of rotatable bonds is 4. The van der Waals surface area contributed by atoms with Crippen LogP contribution in [0.1, 0.15) is 5.56 Å². The van der Waals surface area contributed by atoms with E-state index in [1.54, 1.807) is 6.07 Å². The number of hydrogen-bond donors (Lipinski definition) is 0. The minimum Gasteiger partial charge on any atom is -0.126 e. The van der Waals surface area contributed by atoms with Gasteiger partial charge in [-0.25, -0.2) is 0 Å². The normalized spacial score (nSPS) is 10.9. The number of halogens is 4. The summed E-state index contributed by atoms with van der Waals surface area (Å²) in [4.78, 5) is 0. The van der Waals surface area contributed by atoms with E-state index in [9.17, 15) is 0 Å². The van der Waals surface area contributed by atoms with Crippen LogP contribution in [-0.2, 0) is 6.42 Å². The van der Waals surface area contributed by atoms with Crippen LogP contribution in [0.25, 0.3) is 0 Å². The molecule has 0 saturated heterocycles. The molecule has 0 N–H and O–H groups in total. The molecule has 0 atom stereocenters. The molecule has 1 rings (SSSR count). The van der Waals surface area contributed by atoms with Gasteiger partial charge in [0, 0.05) is 11.8 Å². The standard InChI is InChI=1S/C10H10Cl4/c11-5-7(6-12)4-8-2-1-3-9(13)10(8)14/h1-3,7H,4-6H2. The average molecular weight is 272 g/mol. The van der Waals surface area contributed by atoms with Crippen molar-refractivity contribution in [3.63, 3.8) is 0 Å². The highest BCUT2D eigenvalue weighted by atomic mass is 35.5.